The molecule has 1 aromatic carbocycles. The molecule has 1 aliphatic carbocycles. The van der Waals surface area contributed by atoms with Gasteiger partial charge in [0.2, 0.25) is 5.91 Å². The summed E-state index contributed by atoms with van der Waals surface area (Å²) in [5.41, 5.74) is 1.30. The van der Waals surface area contributed by atoms with Crippen molar-refractivity contribution in [2.45, 2.75) is 31.3 Å². The molecule has 1 saturated carbocycles. The maximum atomic E-state index is 12.3. The number of carbonyl (C=O) groups is 2. The molecule has 2 fully saturated rings. The molecule has 1 aliphatic heterocycles. The van der Waals surface area contributed by atoms with Crippen LogP contribution in [0.2, 0.25) is 5.02 Å². The van der Waals surface area contributed by atoms with E-state index in [4.69, 9.17) is 11.6 Å². The molecule has 3 rings (SSSR count). The third-order valence-corrected chi connectivity index (χ3v) is 5.79. The fourth-order valence-electron chi connectivity index (χ4n) is 3.81. The Hall–Kier alpha value is -1.79. The Kier molecular flexibility index (Phi) is 6.04. The van der Waals surface area contributed by atoms with Crippen molar-refractivity contribution in [3.63, 3.8) is 0 Å². The first-order chi connectivity index (χ1) is 12.5. The Labute approximate surface area is 158 Å². The number of aliphatic hydroxyl groups is 1. The second-order valence-corrected chi connectivity index (χ2v) is 7.82. The minimum atomic E-state index is -0.643. The van der Waals surface area contributed by atoms with E-state index in [1.165, 1.54) is 5.56 Å². The van der Waals surface area contributed by atoms with Crippen molar-refractivity contribution < 1.29 is 14.7 Å². The van der Waals surface area contributed by atoms with Gasteiger partial charge in [-0.1, -0.05) is 23.7 Å². The zero-order valence-corrected chi connectivity index (χ0v) is 15.7. The molecule has 0 bridgehead atoms. The SMILES string of the molecule is CNC(=O)C[C@@H]1CN(C(=O)NCC2CC(c3ccc(Cl)cc3)C2)C[C@H]1O. The van der Waals surface area contributed by atoms with E-state index in [2.05, 4.69) is 22.8 Å². The number of β-amino-alcohol motifs (C(OH)–C–C–N with tert-alkyl or cyclic N) is 1. The molecule has 2 atom stereocenters. The Balaban J connectivity index is 1.39. The van der Waals surface area contributed by atoms with E-state index in [0.29, 0.717) is 24.9 Å². The number of halogens is 1. The lowest BCUT2D eigenvalue weighted by Gasteiger charge is -2.36. The highest BCUT2D eigenvalue weighted by Gasteiger charge is 2.36. The van der Waals surface area contributed by atoms with E-state index >= 15 is 0 Å². The normalized spacial score (nSPS) is 27.7. The summed E-state index contributed by atoms with van der Waals surface area (Å²) in [4.78, 5) is 25.4. The van der Waals surface area contributed by atoms with Crippen molar-refractivity contribution in [2.24, 2.45) is 11.8 Å². The van der Waals surface area contributed by atoms with Gasteiger partial charge in [-0.15, -0.1) is 0 Å². The van der Waals surface area contributed by atoms with Gasteiger partial charge in [0.05, 0.1) is 6.10 Å². The Morgan fingerprint density at radius 1 is 1.23 bits per heavy atom. The first kappa shape index (κ1) is 19.0. The van der Waals surface area contributed by atoms with Crippen LogP contribution in [0.1, 0.15) is 30.7 Å². The molecule has 1 aromatic rings. The molecule has 7 heteroatoms. The second-order valence-electron chi connectivity index (χ2n) is 7.38. The van der Waals surface area contributed by atoms with Crippen LogP contribution in [0, 0.1) is 11.8 Å². The number of carbonyl (C=O) groups excluding carboxylic acids is 2. The highest BCUT2D eigenvalue weighted by Crippen LogP contribution is 2.41. The van der Waals surface area contributed by atoms with Crippen LogP contribution in [-0.2, 0) is 4.79 Å². The predicted octanol–water partition coefficient (Wildman–Crippen LogP) is 1.97. The summed E-state index contributed by atoms with van der Waals surface area (Å²) in [5.74, 6) is 0.714. The molecule has 2 aliphatic rings. The van der Waals surface area contributed by atoms with Gasteiger partial charge in [-0.05, 0) is 42.4 Å². The molecule has 6 nitrogen and oxygen atoms in total. The number of likely N-dealkylation sites (tertiary alicyclic amines) is 1. The van der Waals surface area contributed by atoms with E-state index in [9.17, 15) is 14.7 Å². The Morgan fingerprint density at radius 2 is 1.92 bits per heavy atom. The lowest BCUT2D eigenvalue weighted by Crippen LogP contribution is -2.43. The molecule has 3 amide bonds. The van der Waals surface area contributed by atoms with Gasteiger partial charge >= 0.3 is 6.03 Å². The third kappa shape index (κ3) is 4.48. The van der Waals surface area contributed by atoms with Crippen molar-refractivity contribution in [1.82, 2.24) is 15.5 Å². The van der Waals surface area contributed by atoms with Gasteiger partial charge in [-0.3, -0.25) is 4.79 Å². The molecule has 0 unspecified atom stereocenters. The number of urea groups is 1. The molecule has 3 N–H and O–H groups in total. The van der Waals surface area contributed by atoms with Crippen LogP contribution in [-0.4, -0.2) is 54.7 Å². The topological polar surface area (TPSA) is 81.7 Å². The largest absolute Gasteiger partial charge is 0.391 e. The number of amides is 3. The van der Waals surface area contributed by atoms with Crippen LogP contribution in [0.3, 0.4) is 0 Å². The Bertz CT molecular complexity index is 646. The summed E-state index contributed by atoms with van der Waals surface area (Å²) in [7, 11) is 1.57. The molecule has 1 saturated heterocycles. The van der Waals surface area contributed by atoms with Gasteiger partial charge in [-0.25, -0.2) is 4.79 Å². The number of rotatable bonds is 5. The quantitative estimate of drug-likeness (QED) is 0.731. The first-order valence-corrected chi connectivity index (χ1v) is 9.51. The van der Waals surface area contributed by atoms with Crippen LogP contribution < -0.4 is 10.6 Å². The average molecular weight is 380 g/mol. The van der Waals surface area contributed by atoms with Crippen molar-refractivity contribution in [3.05, 3.63) is 34.9 Å². The molecular weight excluding hydrogens is 354 g/mol. The molecule has 0 radical (unpaired) electrons. The summed E-state index contributed by atoms with van der Waals surface area (Å²) in [6, 6.07) is 7.82. The number of aliphatic hydroxyl groups excluding tert-OH is 1. The molecule has 142 valence electrons. The molecular formula is C19H26ClN3O3. The number of hydrogen-bond donors (Lipinski definition) is 3. The average Bonchev–Trinajstić information content (AvgIpc) is 2.95. The van der Waals surface area contributed by atoms with Gasteiger partial charge in [0.1, 0.15) is 0 Å². The van der Waals surface area contributed by atoms with E-state index in [1.54, 1.807) is 11.9 Å². The van der Waals surface area contributed by atoms with Crippen molar-refractivity contribution >= 4 is 23.5 Å². The molecule has 0 spiro atoms. The van der Waals surface area contributed by atoms with Crippen LogP contribution in [0.25, 0.3) is 0 Å². The number of benzene rings is 1. The first-order valence-electron chi connectivity index (χ1n) is 9.13. The van der Waals surface area contributed by atoms with Crippen molar-refractivity contribution in [1.29, 1.82) is 0 Å². The van der Waals surface area contributed by atoms with E-state index in [-0.39, 0.29) is 30.8 Å². The summed E-state index contributed by atoms with van der Waals surface area (Å²) in [6.07, 6.45) is 1.72. The molecule has 0 aromatic heterocycles. The van der Waals surface area contributed by atoms with E-state index in [1.807, 2.05) is 12.1 Å². The van der Waals surface area contributed by atoms with E-state index < -0.39 is 6.10 Å². The number of nitrogens with one attached hydrogen (secondary N) is 2. The van der Waals surface area contributed by atoms with Crippen molar-refractivity contribution in [2.75, 3.05) is 26.7 Å². The van der Waals surface area contributed by atoms with Crippen molar-refractivity contribution in [3.8, 4) is 0 Å². The molecule has 1 heterocycles. The number of hydrogen-bond acceptors (Lipinski definition) is 3. The van der Waals surface area contributed by atoms with Gasteiger partial charge < -0.3 is 20.6 Å². The third-order valence-electron chi connectivity index (χ3n) is 5.54. The lowest BCUT2D eigenvalue weighted by molar-refractivity contribution is -0.122. The van der Waals surface area contributed by atoms with Crippen LogP contribution in [0.5, 0.6) is 0 Å². The highest BCUT2D eigenvalue weighted by molar-refractivity contribution is 6.30. The zero-order valence-electron chi connectivity index (χ0n) is 15.0. The maximum absolute atomic E-state index is 12.3. The minimum absolute atomic E-state index is 0.112. The highest BCUT2D eigenvalue weighted by atomic mass is 35.5. The fraction of sp³-hybridized carbons (Fsp3) is 0.579. The summed E-state index contributed by atoms with van der Waals surface area (Å²) >= 11 is 5.92. The standard InChI is InChI=1S/C19H26ClN3O3/c1-21-18(25)8-15-10-23(11-17(15)24)19(26)22-9-12-6-14(7-12)13-2-4-16(20)5-3-13/h2-5,12,14-15,17,24H,6-11H2,1H3,(H,21,25)(H,22,26)/t12?,14?,15-,17-/m1/s1. The maximum Gasteiger partial charge on any atom is 0.317 e. The lowest BCUT2D eigenvalue weighted by atomic mass is 9.71. The Morgan fingerprint density at radius 3 is 2.58 bits per heavy atom. The molecule has 26 heavy (non-hydrogen) atoms. The van der Waals surface area contributed by atoms with Crippen LogP contribution in [0.4, 0.5) is 4.79 Å². The fourth-order valence-corrected chi connectivity index (χ4v) is 3.94. The van der Waals surface area contributed by atoms with E-state index in [0.717, 1.165) is 17.9 Å². The van der Waals surface area contributed by atoms with Crippen LogP contribution >= 0.6 is 11.6 Å². The summed E-state index contributed by atoms with van der Waals surface area (Å²) in [5, 5.41) is 16.3. The summed E-state index contributed by atoms with van der Waals surface area (Å²) < 4.78 is 0. The van der Waals surface area contributed by atoms with Gasteiger partial charge in [0, 0.05) is 44.0 Å². The monoisotopic (exact) mass is 379 g/mol. The van der Waals surface area contributed by atoms with Gasteiger partial charge in [-0.2, -0.15) is 0 Å². The smallest absolute Gasteiger partial charge is 0.317 e. The van der Waals surface area contributed by atoms with Gasteiger partial charge in [0.25, 0.3) is 0 Å². The van der Waals surface area contributed by atoms with Gasteiger partial charge in [0.15, 0.2) is 0 Å². The number of nitrogens with zero attached hydrogens (tertiary/aromatic N) is 1. The summed E-state index contributed by atoms with van der Waals surface area (Å²) in [6.45, 7) is 1.35. The van der Waals surface area contributed by atoms with Crippen LogP contribution in [0.15, 0.2) is 24.3 Å². The predicted molar refractivity (Wildman–Crippen MR) is 100 cm³/mol. The minimum Gasteiger partial charge on any atom is -0.391 e. The second kappa shape index (κ2) is 8.27. The zero-order chi connectivity index (χ0) is 18.7.